The highest BCUT2D eigenvalue weighted by Gasteiger charge is 2.29. The molecule has 0 spiro atoms. The third-order valence-corrected chi connectivity index (χ3v) is 6.37. The quantitative estimate of drug-likeness (QED) is 0.255. The molecule has 0 unspecified atom stereocenters. The molecule has 0 radical (unpaired) electrons. The zero-order chi connectivity index (χ0) is 27.3. The minimum Gasteiger partial charge on any atom is -0.391 e. The summed E-state index contributed by atoms with van der Waals surface area (Å²) in [7, 11) is 0. The largest absolute Gasteiger partial charge is 0.391 e. The molecule has 4 aromatic rings. The number of aliphatic hydroxyl groups excluding tert-OH is 1. The van der Waals surface area contributed by atoms with E-state index in [9.17, 15) is 23.1 Å². The van der Waals surface area contributed by atoms with Crippen molar-refractivity contribution in [3.05, 3.63) is 89.8 Å². The topological polar surface area (TPSA) is 104 Å². The van der Waals surface area contributed by atoms with E-state index in [2.05, 4.69) is 25.3 Å². The highest BCUT2D eigenvalue weighted by atomic mass is 19.1. The van der Waals surface area contributed by atoms with Crippen molar-refractivity contribution in [1.82, 2.24) is 25.3 Å². The molecule has 0 saturated heterocycles. The maximum atomic E-state index is 14.3. The number of aliphatic hydroxyl groups is 1. The van der Waals surface area contributed by atoms with Gasteiger partial charge in [0.2, 0.25) is 5.95 Å². The van der Waals surface area contributed by atoms with Gasteiger partial charge in [0.05, 0.1) is 35.6 Å². The maximum absolute atomic E-state index is 14.3. The molecule has 4 rings (SSSR count). The maximum Gasteiger partial charge on any atom is 0.271 e. The Morgan fingerprint density at radius 2 is 1.84 bits per heavy atom. The molecule has 2 heterocycles. The van der Waals surface area contributed by atoms with E-state index in [1.165, 1.54) is 32.2 Å². The average molecular weight is 526 g/mol. The van der Waals surface area contributed by atoms with E-state index in [4.69, 9.17) is 0 Å². The van der Waals surface area contributed by atoms with Crippen LogP contribution in [-0.4, -0.2) is 48.8 Å². The number of carbonyl (C=O) groups is 1. The molecule has 38 heavy (non-hydrogen) atoms. The van der Waals surface area contributed by atoms with Crippen LogP contribution in [0.4, 0.5) is 13.2 Å². The Morgan fingerprint density at radius 3 is 2.53 bits per heavy atom. The van der Waals surface area contributed by atoms with Crippen molar-refractivity contribution in [2.24, 2.45) is 0 Å². The molecular formula is C28H30F3N5O2. The van der Waals surface area contributed by atoms with E-state index < -0.39 is 41.4 Å². The van der Waals surface area contributed by atoms with Crippen LogP contribution in [0.15, 0.2) is 60.9 Å². The number of para-hydroxylation sites is 2. The summed E-state index contributed by atoms with van der Waals surface area (Å²) in [6.07, 6.45) is 1.81. The summed E-state index contributed by atoms with van der Waals surface area (Å²) in [4.78, 5) is 28.4. The number of H-pyrrole nitrogens is 1. The number of aromatic amines is 1. The van der Waals surface area contributed by atoms with E-state index in [0.717, 1.165) is 6.20 Å². The lowest BCUT2D eigenvalue weighted by Crippen LogP contribution is -2.45. The summed E-state index contributed by atoms with van der Waals surface area (Å²) in [6, 6.07) is 12.1. The van der Waals surface area contributed by atoms with E-state index in [-0.39, 0.29) is 37.2 Å². The van der Waals surface area contributed by atoms with Crippen molar-refractivity contribution in [1.29, 1.82) is 0 Å². The van der Waals surface area contributed by atoms with Gasteiger partial charge in [-0.3, -0.25) is 9.78 Å². The Labute approximate surface area is 218 Å². The normalized spacial score (nSPS) is 14.3. The lowest BCUT2D eigenvalue weighted by Gasteiger charge is -2.28. The summed E-state index contributed by atoms with van der Waals surface area (Å²) in [5.41, 5.74) is 0.312. The number of amides is 1. The van der Waals surface area contributed by atoms with Crippen molar-refractivity contribution in [3.63, 3.8) is 0 Å². The van der Waals surface area contributed by atoms with Crippen molar-refractivity contribution in [2.45, 2.75) is 63.3 Å². The predicted molar refractivity (Wildman–Crippen MR) is 137 cm³/mol. The fourth-order valence-corrected chi connectivity index (χ4v) is 4.37. The Kier molecular flexibility index (Phi) is 8.41. The van der Waals surface area contributed by atoms with Crippen molar-refractivity contribution in [2.75, 3.05) is 0 Å². The third kappa shape index (κ3) is 7.38. The van der Waals surface area contributed by atoms with Crippen molar-refractivity contribution < 1.29 is 23.1 Å². The molecule has 7 nitrogen and oxygen atoms in total. The molecule has 2 aromatic carbocycles. The molecule has 0 aliphatic carbocycles. The molecule has 0 bridgehead atoms. The smallest absolute Gasteiger partial charge is 0.271 e. The number of aromatic nitrogens is 4. The number of alkyl halides is 1. The molecule has 0 aliphatic heterocycles. The van der Waals surface area contributed by atoms with Gasteiger partial charge in [0.25, 0.3) is 5.91 Å². The Hall–Kier alpha value is -3.79. The third-order valence-electron chi connectivity index (χ3n) is 6.37. The van der Waals surface area contributed by atoms with Crippen LogP contribution in [0.1, 0.15) is 60.9 Å². The van der Waals surface area contributed by atoms with Gasteiger partial charge in [-0.25, -0.2) is 18.7 Å². The minimum absolute atomic E-state index is 0.0483. The second-order valence-electron chi connectivity index (χ2n) is 10.0. The van der Waals surface area contributed by atoms with Crippen LogP contribution in [0.3, 0.4) is 0 Å². The molecule has 0 fully saturated rings. The van der Waals surface area contributed by atoms with Gasteiger partial charge in [0.1, 0.15) is 23.0 Å². The number of fused-ring (bicyclic) bond motifs is 1. The number of nitrogens with zero attached hydrogens (tertiary/aromatic N) is 3. The number of carbonyl (C=O) groups excluding carboxylic acids is 1. The fourth-order valence-electron chi connectivity index (χ4n) is 4.37. The molecule has 3 N–H and O–H groups in total. The minimum atomic E-state index is -1.47. The molecule has 3 atom stereocenters. The van der Waals surface area contributed by atoms with Gasteiger partial charge >= 0.3 is 0 Å². The van der Waals surface area contributed by atoms with Crippen LogP contribution in [0.5, 0.6) is 0 Å². The standard InChI is InChI=1S/C28H30F3N5O2/c1-28(2,31)11-10-18(26-33-16-25(30)36-26)14-24(37)22(13-17-6-5-7-19(29)12-17)35-27(38)23-15-32-20-8-3-4-9-21(20)34-23/h3-9,12,15-16,18,22,24,37H,10-11,13-14H2,1-2H3,(H,33,36)(H,35,38)/t18-,22+,24+/m1/s1. The van der Waals surface area contributed by atoms with E-state index in [1.54, 1.807) is 30.3 Å². The molecular weight excluding hydrogens is 495 g/mol. The molecule has 0 aliphatic rings. The zero-order valence-corrected chi connectivity index (χ0v) is 21.2. The van der Waals surface area contributed by atoms with Crippen LogP contribution in [0.2, 0.25) is 0 Å². The molecule has 200 valence electrons. The van der Waals surface area contributed by atoms with Gasteiger partial charge in [0, 0.05) is 5.92 Å². The summed E-state index contributed by atoms with van der Waals surface area (Å²) in [5.74, 6) is -1.89. The monoisotopic (exact) mass is 525 g/mol. The van der Waals surface area contributed by atoms with Gasteiger partial charge in [-0.15, -0.1) is 0 Å². The SMILES string of the molecule is CC(C)(F)CC[C@H](C[C@H](O)[C@H](Cc1cccc(F)c1)NC(=O)c1cnc2ccccc2n1)c1ncc(F)[nH]1. The number of rotatable bonds is 11. The van der Waals surface area contributed by atoms with Crippen LogP contribution < -0.4 is 5.32 Å². The van der Waals surface area contributed by atoms with Crippen LogP contribution >= 0.6 is 0 Å². The highest BCUT2D eigenvalue weighted by Crippen LogP contribution is 2.30. The van der Waals surface area contributed by atoms with Crippen molar-refractivity contribution in [3.8, 4) is 0 Å². The molecule has 1 amide bonds. The lowest BCUT2D eigenvalue weighted by atomic mass is 9.88. The number of imidazole rings is 1. The van der Waals surface area contributed by atoms with Crippen LogP contribution in [-0.2, 0) is 6.42 Å². The first-order chi connectivity index (χ1) is 18.1. The number of benzene rings is 2. The van der Waals surface area contributed by atoms with Gasteiger partial charge < -0.3 is 15.4 Å². The first-order valence-corrected chi connectivity index (χ1v) is 12.4. The lowest BCUT2D eigenvalue weighted by molar-refractivity contribution is 0.0777. The van der Waals surface area contributed by atoms with Gasteiger partial charge in [0.15, 0.2) is 0 Å². The fraction of sp³-hybridized carbons (Fsp3) is 0.357. The summed E-state index contributed by atoms with van der Waals surface area (Å²) >= 11 is 0. The van der Waals surface area contributed by atoms with E-state index in [1.807, 2.05) is 6.07 Å². The van der Waals surface area contributed by atoms with E-state index in [0.29, 0.717) is 16.6 Å². The second-order valence-corrected chi connectivity index (χ2v) is 10.0. The van der Waals surface area contributed by atoms with Crippen LogP contribution in [0, 0.1) is 11.8 Å². The summed E-state index contributed by atoms with van der Waals surface area (Å²) < 4.78 is 41.9. The number of hydrogen-bond donors (Lipinski definition) is 3. The summed E-state index contributed by atoms with van der Waals surface area (Å²) in [6.45, 7) is 2.89. The van der Waals surface area contributed by atoms with Crippen molar-refractivity contribution >= 4 is 16.9 Å². The van der Waals surface area contributed by atoms with E-state index >= 15 is 0 Å². The molecule has 10 heteroatoms. The zero-order valence-electron chi connectivity index (χ0n) is 21.2. The van der Waals surface area contributed by atoms with Crippen LogP contribution in [0.25, 0.3) is 11.0 Å². The predicted octanol–water partition coefficient (Wildman–Crippen LogP) is 5.04. The average Bonchev–Trinajstić information content (AvgIpc) is 3.31. The molecule has 0 saturated carbocycles. The number of hydrogen-bond acceptors (Lipinski definition) is 5. The van der Waals surface area contributed by atoms with Gasteiger partial charge in [-0.1, -0.05) is 24.3 Å². The first kappa shape index (κ1) is 27.3. The Morgan fingerprint density at radius 1 is 1.08 bits per heavy atom. The summed E-state index contributed by atoms with van der Waals surface area (Å²) in [5, 5.41) is 14.1. The van der Waals surface area contributed by atoms with Gasteiger partial charge in [-0.05, 0) is 69.4 Å². The highest BCUT2D eigenvalue weighted by molar-refractivity contribution is 5.94. The Bertz CT molecular complexity index is 1390. The second kappa shape index (κ2) is 11.7. The Balaban J connectivity index is 1.58. The number of nitrogens with one attached hydrogen (secondary N) is 2. The first-order valence-electron chi connectivity index (χ1n) is 12.4. The number of halogens is 3. The molecule has 2 aromatic heterocycles. The van der Waals surface area contributed by atoms with Gasteiger partial charge in [-0.2, -0.15) is 4.39 Å².